The molecule has 1 aromatic rings. The van der Waals surface area contributed by atoms with Crippen LogP contribution in [0.3, 0.4) is 0 Å². The molecule has 6 N–H and O–H groups in total. The number of anilines is 1. The fourth-order valence-corrected chi connectivity index (χ4v) is 6.54. The van der Waals surface area contributed by atoms with E-state index < -0.39 is 47.9 Å². The van der Waals surface area contributed by atoms with E-state index in [9.17, 15) is 34.1 Å². The Kier molecular flexibility index (Phi) is 8.31. The van der Waals surface area contributed by atoms with Gasteiger partial charge in [-0.2, -0.15) is 9.36 Å². The van der Waals surface area contributed by atoms with E-state index in [1.165, 1.54) is 11.8 Å². The number of quaternary nitrogens is 1. The van der Waals surface area contributed by atoms with E-state index in [2.05, 4.69) is 24.7 Å². The van der Waals surface area contributed by atoms with Gasteiger partial charge < -0.3 is 35.7 Å². The highest BCUT2D eigenvalue weighted by atomic mass is 32.2. The molecule has 17 heteroatoms. The molecule has 0 saturated carbocycles. The normalized spacial score (nSPS) is 29.4. The van der Waals surface area contributed by atoms with Crippen LogP contribution in [0.4, 0.5) is 9.52 Å². The van der Waals surface area contributed by atoms with Gasteiger partial charge in [0.1, 0.15) is 35.8 Å². The van der Waals surface area contributed by atoms with E-state index in [1.807, 2.05) is 7.05 Å². The molecule has 0 bridgehead atoms. The van der Waals surface area contributed by atoms with Crippen molar-refractivity contribution in [2.75, 3.05) is 45.1 Å². The summed E-state index contributed by atoms with van der Waals surface area (Å²) in [7, 11) is 1.91. The van der Waals surface area contributed by atoms with E-state index in [-0.39, 0.29) is 35.1 Å². The number of aliphatic hydroxyl groups excluding tert-OH is 2. The van der Waals surface area contributed by atoms with Gasteiger partial charge in [0.25, 0.3) is 18.7 Å². The quantitative estimate of drug-likeness (QED) is 0.0959. The number of amides is 2. The summed E-state index contributed by atoms with van der Waals surface area (Å²) in [5, 5.41) is 34.7. The molecular formula is C21H27FN7O7S2+. The summed E-state index contributed by atoms with van der Waals surface area (Å²) < 4.78 is 16.8. The maximum Gasteiger partial charge on any atom is 0.352 e. The van der Waals surface area contributed by atoms with E-state index >= 15 is 0 Å². The number of carbonyl (C=O) groups excluding carboxylic acids is 2. The number of carboxylic acids is 1. The number of rotatable bonds is 10. The lowest BCUT2D eigenvalue weighted by atomic mass is 10.0. The van der Waals surface area contributed by atoms with Crippen LogP contribution in [0.5, 0.6) is 0 Å². The summed E-state index contributed by atoms with van der Waals surface area (Å²) >= 11 is 2.05. The zero-order valence-corrected chi connectivity index (χ0v) is 21.8. The summed E-state index contributed by atoms with van der Waals surface area (Å²) in [6.07, 6.45) is 3.39. The minimum absolute atomic E-state index is 0.0371. The fourth-order valence-electron chi connectivity index (χ4n) is 4.79. The van der Waals surface area contributed by atoms with Crippen molar-refractivity contribution < 1.29 is 43.4 Å². The first kappa shape index (κ1) is 27.9. The summed E-state index contributed by atoms with van der Waals surface area (Å²) in [4.78, 5) is 47.2. The summed E-state index contributed by atoms with van der Waals surface area (Å²) in [6.45, 7) is -0.464. The Bertz CT molecular complexity index is 1210. The number of thioether (sulfide) groups is 1. The van der Waals surface area contributed by atoms with Crippen molar-refractivity contribution in [1.82, 2.24) is 19.6 Å². The minimum atomic E-state index is -1.31. The number of aromatic nitrogens is 2. The number of allylic oxidation sites excluding steroid dienone is 1. The molecule has 4 rings (SSSR count). The summed E-state index contributed by atoms with van der Waals surface area (Å²) in [5.74, 6) is -2.80. The van der Waals surface area contributed by atoms with Crippen LogP contribution in [0.25, 0.3) is 0 Å². The lowest BCUT2D eigenvalue weighted by Crippen LogP contribution is -2.71. The van der Waals surface area contributed by atoms with Gasteiger partial charge >= 0.3 is 5.97 Å². The largest absolute Gasteiger partial charge is 0.477 e. The molecule has 2 amide bonds. The van der Waals surface area contributed by atoms with Crippen LogP contribution in [0, 0.1) is 0 Å². The van der Waals surface area contributed by atoms with E-state index in [1.54, 1.807) is 12.2 Å². The van der Waals surface area contributed by atoms with Crippen molar-refractivity contribution >= 4 is 51.9 Å². The Labute approximate surface area is 224 Å². The maximum atomic E-state index is 13.0. The highest BCUT2D eigenvalue weighted by Gasteiger charge is 2.54. The topological polar surface area (TPSA) is 201 Å². The van der Waals surface area contributed by atoms with Crippen LogP contribution in [-0.4, -0.2) is 120 Å². The van der Waals surface area contributed by atoms with Gasteiger partial charge in [-0.3, -0.25) is 14.5 Å². The Hall–Kier alpha value is -3.12. The second-order valence-electron chi connectivity index (χ2n) is 9.15. The highest BCUT2D eigenvalue weighted by molar-refractivity contribution is 8.00. The van der Waals surface area contributed by atoms with Gasteiger partial charge in [0, 0.05) is 23.7 Å². The number of fused-ring (bicyclic) bond motifs is 1. The summed E-state index contributed by atoms with van der Waals surface area (Å²) in [6, 6.07) is -1.20. The van der Waals surface area contributed by atoms with Crippen LogP contribution < -0.4 is 11.1 Å². The average Bonchev–Trinajstić information content (AvgIpc) is 3.43. The molecular weight excluding hydrogens is 545 g/mol. The Morgan fingerprint density at radius 2 is 2.21 bits per heavy atom. The molecule has 0 aromatic carbocycles. The number of nitrogen functional groups attached to an aromatic ring is 1. The molecule has 206 valence electrons. The first-order chi connectivity index (χ1) is 18.1. The van der Waals surface area contributed by atoms with Gasteiger partial charge in [0.05, 0.1) is 20.2 Å². The number of likely N-dealkylation sites (tertiary alicyclic amines) is 1. The van der Waals surface area contributed by atoms with Crippen molar-refractivity contribution in [3.05, 3.63) is 29.2 Å². The highest BCUT2D eigenvalue weighted by Crippen LogP contribution is 2.40. The first-order valence-corrected chi connectivity index (χ1v) is 13.3. The molecule has 2 fully saturated rings. The number of nitrogens with zero attached hydrogens (tertiary/aromatic N) is 5. The van der Waals surface area contributed by atoms with Crippen molar-refractivity contribution in [3.63, 3.8) is 0 Å². The lowest BCUT2D eigenvalue weighted by Gasteiger charge is -2.49. The molecule has 3 aliphatic rings. The number of aliphatic carboxylic acids is 1. The van der Waals surface area contributed by atoms with Gasteiger partial charge in [0.2, 0.25) is 11.5 Å². The standard InChI is InChI=1S/C21H26FN7O7S2/c1-29(6-12(31)5-11(29)7-30)4-2-3-10-8-37-19-14(18(33)28(19)15(10)20(34)35)24-17(32)13(26-36-9-22)16-25-21(23)38-27-16/h2-3,11-12,14,19,30-31H,4-9H2,1H3,(H3-,23,24,25,27,32,34,35)/p+1/t11-,12-,14-,19+,29?/m1/s1. The first-order valence-electron chi connectivity index (χ1n) is 11.5. The third-order valence-corrected chi connectivity index (χ3v) is 8.51. The molecule has 1 aromatic heterocycles. The zero-order chi connectivity index (χ0) is 27.6. The molecule has 5 atom stereocenters. The van der Waals surface area contributed by atoms with Crippen LogP contribution >= 0.6 is 23.3 Å². The maximum absolute atomic E-state index is 13.0. The predicted molar refractivity (Wildman–Crippen MR) is 134 cm³/mol. The van der Waals surface area contributed by atoms with Crippen LogP contribution in [-0.2, 0) is 19.2 Å². The molecule has 2 saturated heterocycles. The molecule has 4 heterocycles. The van der Waals surface area contributed by atoms with Gasteiger partial charge in [-0.1, -0.05) is 11.2 Å². The number of alkyl halides is 1. The van der Waals surface area contributed by atoms with E-state index in [4.69, 9.17) is 5.73 Å². The molecule has 0 aliphatic carbocycles. The number of β-lactam (4-membered cyclic amide) rings is 1. The Morgan fingerprint density at radius 1 is 1.45 bits per heavy atom. The number of aliphatic hydroxyl groups is 2. The number of carbonyl (C=O) groups is 3. The molecule has 3 aliphatic heterocycles. The van der Waals surface area contributed by atoms with Crippen molar-refractivity contribution in [2.45, 2.75) is 30.0 Å². The number of nitrogens with two attached hydrogens (primary N) is 1. The van der Waals surface area contributed by atoms with Crippen LogP contribution in [0.2, 0.25) is 0 Å². The predicted octanol–water partition coefficient (Wildman–Crippen LogP) is -1.37. The molecule has 38 heavy (non-hydrogen) atoms. The number of carboxylic acid groups (broad SMARTS) is 1. The fraction of sp³-hybridized carbons (Fsp3) is 0.524. The number of hydrogen-bond donors (Lipinski definition) is 5. The summed E-state index contributed by atoms with van der Waals surface area (Å²) in [5.41, 5.74) is 5.29. The van der Waals surface area contributed by atoms with Crippen LogP contribution in [0.1, 0.15) is 12.2 Å². The smallest absolute Gasteiger partial charge is 0.352 e. The van der Waals surface area contributed by atoms with Gasteiger partial charge in [0.15, 0.2) is 5.13 Å². The molecule has 14 nitrogen and oxygen atoms in total. The number of nitrogens with one attached hydrogen (secondary N) is 1. The second-order valence-corrected chi connectivity index (χ2v) is 11.0. The molecule has 1 unspecified atom stereocenters. The SMILES string of the molecule is C[N+]1(CC=CC2=C(C(=O)O)N3C(=O)[C@@H](NC(=O)C(=NOCF)c4nsc(N)n4)[C@@H]3SC2)C[C@H](O)C[C@@H]1CO. The lowest BCUT2D eigenvalue weighted by molar-refractivity contribution is -0.917. The Morgan fingerprint density at radius 3 is 2.84 bits per heavy atom. The van der Waals surface area contributed by atoms with Crippen LogP contribution in [0.15, 0.2) is 28.6 Å². The third kappa shape index (κ3) is 5.37. The molecule has 0 radical (unpaired) electrons. The number of oxime groups is 1. The zero-order valence-electron chi connectivity index (χ0n) is 20.2. The van der Waals surface area contributed by atoms with Gasteiger partial charge in [-0.15, -0.1) is 11.8 Å². The molecule has 0 spiro atoms. The van der Waals surface area contributed by atoms with Gasteiger partial charge in [-0.05, 0) is 11.6 Å². The number of likely N-dealkylation sites (N-methyl/N-ethyl adjacent to an activating group) is 1. The monoisotopic (exact) mass is 572 g/mol. The van der Waals surface area contributed by atoms with E-state index in [0.717, 1.165) is 16.4 Å². The third-order valence-electron chi connectivity index (χ3n) is 6.67. The second kappa shape index (κ2) is 11.3. The number of halogens is 1. The van der Waals surface area contributed by atoms with Crippen molar-refractivity contribution in [1.29, 1.82) is 0 Å². The number of hydrogen-bond acceptors (Lipinski definition) is 12. The van der Waals surface area contributed by atoms with Crippen molar-refractivity contribution in [3.8, 4) is 0 Å². The van der Waals surface area contributed by atoms with Crippen molar-refractivity contribution in [2.24, 2.45) is 5.16 Å². The Balaban J connectivity index is 1.48. The average molecular weight is 573 g/mol. The van der Waals surface area contributed by atoms with Gasteiger partial charge in [-0.25, -0.2) is 9.18 Å². The minimum Gasteiger partial charge on any atom is -0.477 e. The van der Waals surface area contributed by atoms with E-state index in [0.29, 0.717) is 29.6 Å².